The minimum absolute atomic E-state index is 0.112. The lowest BCUT2D eigenvalue weighted by molar-refractivity contribution is 0.0331. The number of hydrogen-bond acceptors (Lipinski definition) is 3. The first kappa shape index (κ1) is 17.5. The Balaban J connectivity index is 1.42. The Bertz CT molecular complexity index is 1040. The molecule has 2 heterocycles. The normalized spacial score (nSPS) is 15.4. The van der Waals surface area contributed by atoms with Crippen LogP contribution >= 0.6 is 11.6 Å². The summed E-state index contributed by atoms with van der Waals surface area (Å²) in [5.41, 5.74) is 0.997. The van der Waals surface area contributed by atoms with Gasteiger partial charge in [-0.2, -0.15) is 5.10 Å². The van der Waals surface area contributed by atoms with Gasteiger partial charge in [0.1, 0.15) is 5.82 Å². The van der Waals surface area contributed by atoms with Crippen LogP contribution in [0.25, 0.3) is 10.9 Å². The second kappa shape index (κ2) is 6.35. The molecule has 0 unspecified atom stereocenters. The summed E-state index contributed by atoms with van der Waals surface area (Å²) in [4.78, 5) is 26.7. The number of nitrogens with one attached hydrogen (secondary N) is 2. The van der Waals surface area contributed by atoms with Crippen molar-refractivity contribution < 1.29 is 14.0 Å². The molecule has 0 atom stereocenters. The minimum atomic E-state index is -0.578. The summed E-state index contributed by atoms with van der Waals surface area (Å²) < 4.78 is 13.4. The Labute approximate surface area is 159 Å². The molecular weight excluding hydrogens is 371 g/mol. The Kier molecular flexibility index (Phi) is 4.11. The molecule has 1 aliphatic heterocycles. The first-order valence-electron chi connectivity index (χ1n) is 8.34. The van der Waals surface area contributed by atoms with Crippen molar-refractivity contribution in [2.75, 3.05) is 13.1 Å². The standard InChI is InChI=1S/C19H16ClFN4O2/c1-19(23-17(26)12-5-14(20)7-15(21)6-12)9-25(10-19)18(27)11-2-3-16-13(4-11)8-22-24-16/h2-8H,9-10H2,1H3,(H,22,24)(H,23,26). The monoisotopic (exact) mass is 386 g/mol. The Morgan fingerprint density at radius 2 is 2.00 bits per heavy atom. The van der Waals surface area contributed by atoms with Crippen LogP contribution < -0.4 is 5.32 Å². The molecule has 1 aromatic heterocycles. The number of likely N-dealkylation sites (tertiary alicyclic amines) is 1. The Morgan fingerprint density at radius 3 is 2.74 bits per heavy atom. The first-order chi connectivity index (χ1) is 12.8. The zero-order chi connectivity index (χ0) is 19.2. The second-order valence-electron chi connectivity index (χ2n) is 7.01. The van der Waals surface area contributed by atoms with Crippen LogP contribution in [-0.4, -0.2) is 45.5 Å². The number of benzene rings is 2. The Morgan fingerprint density at radius 1 is 1.22 bits per heavy atom. The Hall–Kier alpha value is -2.93. The molecule has 0 aliphatic carbocycles. The molecule has 1 saturated heterocycles. The number of hydrogen-bond donors (Lipinski definition) is 2. The predicted octanol–water partition coefficient (Wildman–Crippen LogP) is 3.00. The van der Waals surface area contributed by atoms with E-state index in [2.05, 4.69) is 15.5 Å². The van der Waals surface area contributed by atoms with E-state index < -0.39 is 17.3 Å². The number of rotatable bonds is 3. The van der Waals surface area contributed by atoms with Gasteiger partial charge < -0.3 is 10.2 Å². The van der Waals surface area contributed by atoms with Crippen LogP contribution in [0.15, 0.2) is 42.6 Å². The average Bonchev–Trinajstić information content (AvgIpc) is 3.05. The third-order valence-electron chi connectivity index (χ3n) is 4.59. The molecular formula is C19H16ClFN4O2. The highest BCUT2D eigenvalue weighted by atomic mass is 35.5. The van der Waals surface area contributed by atoms with E-state index >= 15 is 0 Å². The first-order valence-corrected chi connectivity index (χ1v) is 8.72. The van der Waals surface area contributed by atoms with Crippen LogP contribution in [0, 0.1) is 5.82 Å². The van der Waals surface area contributed by atoms with Gasteiger partial charge in [0, 0.05) is 34.6 Å². The summed E-state index contributed by atoms with van der Waals surface area (Å²) in [6.45, 7) is 2.57. The smallest absolute Gasteiger partial charge is 0.254 e. The number of halogens is 2. The summed E-state index contributed by atoms with van der Waals surface area (Å²) in [6.07, 6.45) is 1.66. The van der Waals surface area contributed by atoms with Crippen molar-refractivity contribution in [3.05, 3.63) is 64.6 Å². The van der Waals surface area contributed by atoms with Gasteiger partial charge in [-0.15, -0.1) is 0 Å². The van der Waals surface area contributed by atoms with Crippen LogP contribution in [0.5, 0.6) is 0 Å². The van der Waals surface area contributed by atoms with Gasteiger partial charge in [0.05, 0.1) is 17.3 Å². The largest absolute Gasteiger partial charge is 0.343 e. The van der Waals surface area contributed by atoms with E-state index in [1.165, 1.54) is 6.07 Å². The van der Waals surface area contributed by atoms with Crippen LogP contribution in [0.3, 0.4) is 0 Å². The van der Waals surface area contributed by atoms with Gasteiger partial charge in [0.2, 0.25) is 0 Å². The SMILES string of the molecule is CC1(NC(=O)c2cc(F)cc(Cl)c2)CN(C(=O)c2ccc3[nH]ncc3c2)C1. The molecule has 2 aromatic carbocycles. The summed E-state index contributed by atoms with van der Waals surface area (Å²) in [6, 6.07) is 9.01. The fraction of sp³-hybridized carbons (Fsp3) is 0.211. The van der Waals surface area contributed by atoms with Crippen molar-refractivity contribution >= 4 is 34.3 Å². The van der Waals surface area contributed by atoms with Crippen LogP contribution in [0.1, 0.15) is 27.6 Å². The number of amides is 2. The number of nitrogens with zero attached hydrogens (tertiary/aromatic N) is 2. The number of fused-ring (bicyclic) bond motifs is 1. The molecule has 2 N–H and O–H groups in total. The molecule has 8 heteroatoms. The molecule has 1 fully saturated rings. The topological polar surface area (TPSA) is 78.1 Å². The summed E-state index contributed by atoms with van der Waals surface area (Å²) in [5.74, 6) is -1.11. The van der Waals surface area contributed by atoms with Gasteiger partial charge in [-0.3, -0.25) is 14.7 Å². The van der Waals surface area contributed by atoms with Crippen molar-refractivity contribution in [2.24, 2.45) is 0 Å². The van der Waals surface area contributed by atoms with Gasteiger partial charge in [-0.05, 0) is 43.3 Å². The van der Waals surface area contributed by atoms with Crippen LogP contribution in [0.4, 0.5) is 4.39 Å². The fourth-order valence-corrected chi connectivity index (χ4v) is 3.53. The third-order valence-corrected chi connectivity index (χ3v) is 4.81. The number of carbonyl (C=O) groups is 2. The molecule has 0 spiro atoms. The van der Waals surface area contributed by atoms with Crippen molar-refractivity contribution in [1.29, 1.82) is 0 Å². The summed E-state index contributed by atoms with van der Waals surface area (Å²) in [5, 5.41) is 10.7. The maximum atomic E-state index is 13.4. The predicted molar refractivity (Wildman–Crippen MR) is 99.3 cm³/mol. The highest BCUT2D eigenvalue weighted by Crippen LogP contribution is 2.25. The van der Waals surface area contributed by atoms with Gasteiger partial charge >= 0.3 is 0 Å². The molecule has 1 aliphatic rings. The lowest BCUT2D eigenvalue weighted by Gasteiger charge is -2.48. The van der Waals surface area contributed by atoms with E-state index in [-0.39, 0.29) is 16.5 Å². The molecule has 27 heavy (non-hydrogen) atoms. The molecule has 0 saturated carbocycles. The van der Waals surface area contributed by atoms with Gasteiger partial charge in [0.15, 0.2) is 0 Å². The fourth-order valence-electron chi connectivity index (χ4n) is 3.31. The highest BCUT2D eigenvalue weighted by molar-refractivity contribution is 6.31. The number of aromatic amines is 1. The maximum Gasteiger partial charge on any atom is 0.254 e. The summed E-state index contributed by atoms with van der Waals surface area (Å²) in [7, 11) is 0. The highest BCUT2D eigenvalue weighted by Gasteiger charge is 2.42. The molecule has 3 aromatic rings. The molecule has 0 bridgehead atoms. The van der Waals surface area contributed by atoms with Crippen molar-refractivity contribution in [3.8, 4) is 0 Å². The van der Waals surface area contributed by atoms with E-state index in [1.54, 1.807) is 23.2 Å². The third kappa shape index (κ3) is 3.38. The van der Waals surface area contributed by atoms with Crippen molar-refractivity contribution in [1.82, 2.24) is 20.4 Å². The quantitative estimate of drug-likeness (QED) is 0.726. The zero-order valence-electron chi connectivity index (χ0n) is 14.4. The number of carbonyl (C=O) groups excluding carboxylic acids is 2. The summed E-state index contributed by atoms with van der Waals surface area (Å²) >= 11 is 5.80. The molecule has 2 amide bonds. The van der Waals surface area contributed by atoms with Crippen molar-refractivity contribution in [2.45, 2.75) is 12.5 Å². The second-order valence-corrected chi connectivity index (χ2v) is 7.44. The van der Waals surface area contributed by atoms with E-state index in [4.69, 9.17) is 11.6 Å². The lowest BCUT2D eigenvalue weighted by atomic mass is 9.90. The minimum Gasteiger partial charge on any atom is -0.343 e. The number of H-pyrrole nitrogens is 1. The van der Waals surface area contributed by atoms with Crippen LogP contribution in [-0.2, 0) is 0 Å². The van der Waals surface area contributed by atoms with Gasteiger partial charge in [-0.1, -0.05) is 11.6 Å². The lowest BCUT2D eigenvalue weighted by Crippen LogP contribution is -2.69. The molecule has 4 rings (SSSR count). The van der Waals surface area contributed by atoms with E-state index in [1.807, 2.05) is 13.0 Å². The molecule has 6 nitrogen and oxygen atoms in total. The van der Waals surface area contributed by atoms with Crippen LogP contribution in [0.2, 0.25) is 5.02 Å². The average molecular weight is 387 g/mol. The van der Waals surface area contributed by atoms with Gasteiger partial charge in [0.25, 0.3) is 11.8 Å². The van der Waals surface area contributed by atoms with Gasteiger partial charge in [-0.25, -0.2) is 4.39 Å². The molecule has 138 valence electrons. The van der Waals surface area contributed by atoms with E-state index in [9.17, 15) is 14.0 Å². The number of aromatic nitrogens is 2. The van der Waals surface area contributed by atoms with E-state index in [0.717, 1.165) is 23.0 Å². The van der Waals surface area contributed by atoms with E-state index in [0.29, 0.717) is 18.7 Å². The van der Waals surface area contributed by atoms with Crippen molar-refractivity contribution in [3.63, 3.8) is 0 Å². The zero-order valence-corrected chi connectivity index (χ0v) is 15.2. The molecule has 0 radical (unpaired) electrons. The maximum absolute atomic E-state index is 13.4.